The number of hydrogen-bond donors (Lipinski definition) is 2. The van der Waals surface area contributed by atoms with E-state index < -0.39 is 10.0 Å². The molecular formula is C23H24ClN5O2S. The molecule has 4 aromatic rings. The third-order valence-corrected chi connectivity index (χ3v) is 6.96. The van der Waals surface area contributed by atoms with Crippen LogP contribution in [0.15, 0.2) is 66.0 Å². The molecule has 0 atom stereocenters. The quantitative estimate of drug-likeness (QED) is 0.340. The van der Waals surface area contributed by atoms with Crippen LogP contribution in [0.25, 0.3) is 22.2 Å². The van der Waals surface area contributed by atoms with E-state index in [-0.39, 0.29) is 9.92 Å². The summed E-state index contributed by atoms with van der Waals surface area (Å²) in [5.74, 6) is 0.393. The molecule has 7 nitrogen and oxygen atoms in total. The number of sulfonamides is 1. The topological polar surface area (TPSA) is 103 Å². The second-order valence-electron chi connectivity index (χ2n) is 7.51. The van der Waals surface area contributed by atoms with Gasteiger partial charge in [-0.3, -0.25) is 4.72 Å². The average molecular weight is 470 g/mol. The van der Waals surface area contributed by atoms with E-state index in [1.807, 2.05) is 12.3 Å². The second-order valence-corrected chi connectivity index (χ2v) is 9.60. The lowest BCUT2D eigenvalue weighted by molar-refractivity contribution is 0.601. The smallest absolute Gasteiger partial charge is 0.261 e. The fourth-order valence-electron chi connectivity index (χ4n) is 3.64. The molecule has 0 saturated carbocycles. The predicted molar refractivity (Wildman–Crippen MR) is 129 cm³/mol. The molecule has 0 amide bonds. The van der Waals surface area contributed by atoms with Gasteiger partial charge in [0.1, 0.15) is 17.8 Å². The number of hydrogen-bond acceptors (Lipinski definition) is 5. The van der Waals surface area contributed by atoms with Crippen LogP contribution < -0.4 is 10.5 Å². The van der Waals surface area contributed by atoms with Crippen molar-refractivity contribution in [3.63, 3.8) is 0 Å². The minimum absolute atomic E-state index is 0.167. The Morgan fingerprint density at radius 1 is 1.09 bits per heavy atom. The number of nitrogen functional groups attached to an aromatic ring is 1. The molecule has 0 radical (unpaired) electrons. The molecule has 0 aliphatic carbocycles. The van der Waals surface area contributed by atoms with Gasteiger partial charge in [0, 0.05) is 18.3 Å². The van der Waals surface area contributed by atoms with Crippen molar-refractivity contribution in [2.24, 2.45) is 0 Å². The van der Waals surface area contributed by atoms with Gasteiger partial charge in [-0.2, -0.15) is 0 Å². The molecule has 4 rings (SSSR count). The zero-order chi connectivity index (χ0) is 22.7. The minimum atomic E-state index is -3.74. The standard InChI is InChI=1S/C23H24ClN5O2S/c1-2-3-7-12-29-14-18(21-22(25)26-15-27-23(21)29)16-10-11-20(19(24)13-16)28-32(30,31)17-8-5-4-6-9-17/h4-6,8-11,13-15,28H,2-3,7,12H2,1H3,(H2,25,26,27). The van der Waals surface area contributed by atoms with E-state index >= 15 is 0 Å². The highest BCUT2D eigenvalue weighted by atomic mass is 35.5. The maximum absolute atomic E-state index is 12.7. The van der Waals surface area contributed by atoms with Crippen LogP contribution in [0.3, 0.4) is 0 Å². The number of aryl methyl sites for hydroxylation is 1. The van der Waals surface area contributed by atoms with E-state index in [1.54, 1.807) is 30.3 Å². The van der Waals surface area contributed by atoms with Crippen LogP contribution in [0.1, 0.15) is 26.2 Å². The third kappa shape index (κ3) is 4.42. The number of nitrogens with two attached hydrogens (primary N) is 1. The van der Waals surface area contributed by atoms with Crippen molar-refractivity contribution < 1.29 is 8.42 Å². The molecule has 0 bridgehead atoms. The molecule has 3 N–H and O–H groups in total. The number of nitrogens with zero attached hydrogens (tertiary/aromatic N) is 3. The third-order valence-electron chi connectivity index (χ3n) is 5.26. The summed E-state index contributed by atoms with van der Waals surface area (Å²) in [4.78, 5) is 8.76. The first kappa shape index (κ1) is 22.1. The Labute approximate surface area is 192 Å². The van der Waals surface area contributed by atoms with Crippen LogP contribution in [0.4, 0.5) is 11.5 Å². The fourth-order valence-corrected chi connectivity index (χ4v) is 5.02. The van der Waals surface area contributed by atoms with Gasteiger partial charge in [0.05, 0.1) is 21.0 Å². The molecule has 32 heavy (non-hydrogen) atoms. The first-order chi connectivity index (χ1) is 15.4. The monoisotopic (exact) mass is 469 g/mol. The van der Waals surface area contributed by atoms with Crippen molar-refractivity contribution in [1.82, 2.24) is 14.5 Å². The average Bonchev–Trinajstić information content (AvgIpc) is 3.16. The van der Waals surface area contributed by atoms with Gasteiger partial charge in [0.25, 0.3) is 10.0 Å². The molecule has 0 aliphatic rings. The fraction of sp³-hybridized carbons (Fsp3) is 0.217. The van der Waals surface area contributed by atoms with Gasteiger partial charge in [-0.05, 0) is 36.2 Å². The molecule has 2 heterocycles. The lowest BCUT2D eigenvalue weighted by Gasteiger charge is -2.11. The van der Waals surface area contributed by atoms with Crippen LogP contribution in [-0.2, 0) is 16.6 Å². The van der Waals surface area contributed by atoms with Crippen molar-refractivity contribution >= 4 is 44.2 Å². The number of anilines is 2. The van der Waals surface area contributed by atoms with Gasteiger partial charge in [-0.15, -0.1) is 0 Å². The maximum Gasteiger partial charge on any atom is 0.261 e. The Morgan fingerprint density at radius 2 is 1.88 bits per heavy atom. The Bertz CT molecular complexity index is 1350. The van der Waals surface area contributed by atoms with Crippen LogP contribution in [0, 0.1) is 0 Å². The van der Waals surface area contributed by atoms with E-state index in [4.69, 9.17) is 17.3 Å². The summed E-state index contributed by atoms with van der Waals surface area (Å²) in [5.41, 5.74) is 8.92. The zero-order valence-corrected chi connectivity index (χ0v) is 19.2. The van der Waals surface area contributed by atoms with Crippen molar-refractivity contribution in [2.75, 3.05) is 10.5 Å². The summed E-state index contributed by atoms with van der Waals surface area (Å²) in [6.07, 6.45) is 6.75. The molecule has 2 aromatic heterocycles. The summed E-state index contributed by atoms with van der Waals surface area (Å²) < 4.78 is 29.9. The largest absolute Gasteiger partial charge is 0.383 e. The van der Waals surface area contributed by atoms with Gasteiger partial charge in [0.15, 0.2) is 0 Å². The van der Waals surface area contributed by atoms with Crippen LogP contribution in [-0.4, -0.2) is 23.0 Å². The number of aromatic nitrogens is 3. The SMILES string of the molecule is CCCCCn1cc(-c2ccc(NS(=O)(=O)c3ccccc3)c(Cl)c2)c2c(N)ncnc21. The molecule has 9 heteroatoms. The lowest BCUT2D eigenvalue weighted by Crippen LogP contribution is -2.13. The molecule has 0 spiro atoms. The molecular weight excluding hydrogens is 446 g/mol. The Balaban J connectivity index is 1.70. The first-order valence-electron chi connectivity index (χ1n) is 10.4. The summed E-state index contributed by atoms with van der Waals surface area (Å²) in [5, 5.41) is 1.04. The van der Waals surface area contributed by atoms with Crippen LogP contribution >= 0.6 is 11.6 Å². The van der Waals surface area contributed by atoms with E-state index in [0.29, 0.717) is 11.5 Å². The van der Waals surface area contributed by atoms with Crippen LogP contribution in [0.2, 0.25) is 5.02 Å². The highest BCUT2D eigenvalue weighted by Gasteiger charge is 2.18. The summed E-state index contributed by atoms with van der Waals surface area (Å²) in [6.45, 7) is 2.98. The summed E-state index contributed by atoms with van der Waals surface area (Å²) >= 11 is 6.48. The Kier molecular flexibility index (Phi) is 6.34. The summed E-state index contributed by atoms with van der Waals surface area (Å²) in [6, 6.07) is 13.3. The number of nitrogens with one attached hydrogen (secondary N) is 1. The Hall–Kier alpha value is -3.10. The number of rotatable bonds is 8. The van der Waals surface area contributed by atoms with Gasteiger partial charge < -0.3 is 10.3 Å². The van der Waals surface area contributed by atoms with Gasteiger partial charge in [0.2, 0.25) is 0 Å². The molecule has 0 unspecified atom stereocenters. The molecule has 0 fully saturated rings. The van der Waals surface area contributed by atoms with Crippen molar-refractivity contribution in [2.45, 2.75) is 37.6 Å². The minimum Gasteiger partial charge on any atom is -0.383 e. The molecule has 2 aromatic carbocycles. The zero-order valence-electron chi connectivity index (χ0n) is 17.6. The second kappa shape index (κ2) is 9.18. The number of fused-ring (bicyclic) bond motifs is 1. The number of unbranched alkanes of at least 4 members (excludes halogenated alkanes) is 2. The lowest BCUT2D eigenvalue weighted by atomic mass is 10.1. The Morgan fingerprint density at radius 3 is 2.59 bits per heavy atom. The van der Waals surface area contributed by atoms with E-state index in [1.165, 1.54) is 18.5 Å². The van der Waals surface area contributed by atoms with Crippen molar-refractivity contribution in [1.29, 1.82) is 0 Å². The van der Waals surface area contributed by atoms with Gasteiger partial charge in [-0.1, -0.05) is 55.6 Å². The van der Waals surface area contributed by atoms with E-state index in [2.05, 4.69) is 26.2 Å². The van der Waals surface area contributed by atoms with E-state index in [0.717, 1.165) is 48.0 Å². The van der Waals surface area contributed by atoms with Gasteiger partial charge in [-0.25, -0.2) is 18.4 Å². The predicted octanol–water partition coefficient (Wildman–Crippen LogP) is 5.32. The maximum atomic E-state index is 12.7. The normalized spacial score (nSPS) is 11.7. The first-order valence-corrected chi connectivity index (χ1v) is 12.2. The summed E-state index contributed by atoms with van der Waals surface area (Å²) in [7, 11) is -3.74. The highest BCUT2D eigenvalue weighted by molar-refractivity contribution is 7.92. The van der Waals surface area contributed by atoms with Crippen molar-refractivity contribution in [3.05, 3.63) is 66.1 Å². The molecule has 166 valence electrons. The highest BCUT2D eigenvalue weighted by Crippen LogP contribution is 2.36. The van der Waals surface area contributed by atoms with Gasteiger partial charge >= 0.3 is 0 Å². The van der Waals surface area contributed by atoms with Crippen LogP contribution in [0.5, 0.6) is 0 Å². The van der Waals surface area contributed by atoms with E-state index in [9.17, 15) is 8.42 Å². The number of halogens is 1. The molecule has 0 saturated heterocycles. The number of benzene rings is 2. The van der Waals surface area contributed by atoms with Crippen molar-refractivity contribution in [3.8, 4) is 11.1 Å². The molecule has 0 aliphatic heterocycles.